The molecule has 1 heterocycles. The van der Waals surface area contributed by atoms with Crippen molar-refractivity contribution in [2.45, 2.75) is 6.10 Å². The number of cyclic esters (lactones) is 1. The maximum Gasteiger partial charge on any atom is 0.360 e. The Balaban J connectivity index is 1.88. The number of carbonyl (C=O) groups is 1. The van der Waals surface area contributed by atoms with Gasteiger partial charge >= 0.3 is 5.97 Å². The molecule has 1 atom stereocenters. The molecular formula is C22H18N4O2. The number of carbonyl (C=O) groups excluding carboxylic acids is 1. The van der Waals surface area contributed by atoms with Crippen LogP contribution in [0.3, 0.4) is 0 Å². The van der Waals surface area contributed by atoms with Gasteiger partial charge in [0.15, 0.2) is 11.8 Å². The second kappa shape index (κ2) is 7.36. The Kier molecular flexibility index (Phi) is 4.60. The molecule has 1 aliphatic rings. The Labute approximate surface area is 162 Å². The van der Waals surface area contributed by atoms with E-state index in [1.165, 1.54) is 0 Å². The number of rotatable bonds is 3. The van der Waals surface area contributed by atoms with Gasteiger partial charge < -0.3 is 16.2 Å². The summed E-state index contributed by atoms with van der Waals surface area (Å²) in [7, 11) is 0. The number of ether oxygens (including phenoxy) is 1. The molecule has 138 valence electrons. The largest absolute Gasteiger partial charge is 0.446 e. The fourth-order valence-corrected chi connectivity index (χ4v) is 2.94. The van der Waals surface area contributed by atoms with E-state index >= 15 is 0 Å². The summed E-state index contributed by atoms with van der Waals surface area (Å²) in [4.78, 5) is 21.8. The van der Waals surface area contributed by atoms with Gasteiger partial charge in [0.1, 0.15) is 5.71 Å². The highest BCUT2D eigenvalue weighted by Gasteiger charge is 2.39. The monoisotopic (exact) mass is 370 g/mol. The second-order valence-corrected chi connectivity index (χ2v) is 6.27. The Morgan fingerprint density at radius 1 is 0.714 bits per heavy atom. The number of nitrogens with two attached hydrogens (primary N) is 2. The van der Waals surface area contributed by atoms with E-state index < -0.39 is 12.1 Å². The highest BCUT2D eigenvalue weighted by Crippen LogP contribution is 2.32. The summed E-state index contributed by atoms with van der Waals surface area (Å²) in [6, 6.07) is 23.7. The molecule has 6 nitrogen and oxygen atoms in total. The summed E-state index contributed by atoms with van der Waals surface area (Å²) in [5.74, 6) is -0.551. The van der Waals surface area contributed by atoms with Crippen LogP contribution < -0.4 is 11.5 Å². The zero-order valence-electron chi connectivity index (χ0n) is 14.9. The lowest BCUT2D eigenvalue weighted by molar-refractivity contribution is -0.136. The van der Waals surface area contributed by atoms with Crippen molar-refractivity contribution >= 4 is 40.1 Å². The first-order valence-corrected chi connectivity index (χ1v) is 8.76. The maximum atomic E-state index is 12.7. The number of aliphatic imine (C=N–C) groups is 2. The van der Waals surface area contributed by atoms with Gasteiger partial charge in [-0.25, -0.2) is 14.8 Å². The number of esters is 1. The zero-order chi connectivity index (χ0) is 19.5. The standard InChI is InChI=1S/C22H18N4O2/c23-15-10-4-6-12-17(15)25-19-20(26-18-13-7-5-11-16(18)24)22(27)28-21(19)14-8-2-1-3-9-14/h1-13,21H,23-24H2. The molecule has 0 aliphatic carbocycles. The summed E-state index contributed by atoms with van der Waals surface area (Å²) < 4.78 is 5.61. The van der Waals surface area contributed by atoms with Crippen LogP contribution in [0.15, 0.2) is 88.8 Å². The topological polar surface area (TPSA) is 103 Å². The van der Waals surface area contributed by atoms with E-state index in [0.717, 1.165) is 5.56 Å². The number of benzene rings is 3. The first-order chi connectivity index (χ1) is 13.6. The van der Waals surface area contributed by atoms with Crippen LogP contribution in [0.25, 0.3) is 0 Å². The Morgan fingerprint density at radius 2 is 1.25 bits per heavy atom. The van der Waals surface area contributed by atoms with Crippen LogP contribution in [0, 0.1) is 0 Å². The zero-order valence-corrected chi connectivity index (χ0v) is 14.9. The van der Waals surface area contributed by atoms with E-state index in [-0.39, 0.29) is 5.71 Å². The van der Waals surface area contributed by atoms with Crippen molar-refractivity contribution in [2.24, 2.45) is 9.98 Å². The van der Waals surface area contributed by atoms with Gasteiger partial charge in [-0.2, -0.15) is 0 Å². The lowest BCUT2D eigenvalue weighted by Gasteiger charge is -2.10. The van der Waals surface area contributed by atoms with Crippen LogP contribution >= 0.6 is 0 Å². The van der Waals surface area contributed by atoms with Gasteiger partial charge in [-0.1, -0.05) is 54.6 Å². The van der Waals surface area contributed by atoms with Gasteiger partial charge in [0.05, 0.1) is 22.7 Å². The molecular weight excluding hydrogens is 352 g/mol. The third-order valence-corrected chi connectivity index (χ3v) is 4.36. The van der Waals surface area contributed by atoms with Crippen molar-refractivity contribution in [2.75, 3.05) is 11.5 Å². The van der Waals surface area contributed by atoms with Crippen LogP contribution in [0.4, 0.5) is 22.7 Å². The normalized spacial score (nSPS) is 19.1. The lowest BCUT2D eigenvalue weighted by atomic mass is 10.0. The summed E-state index contributed by atoms with van der Waals surface area (Å²) in [6.45, 7) is 0. The molecule has 4 rings (SSSR count). The summed E-state index contributed by atoms with van der Waals surface area (Å²) in [5.41, 5.74) is 15.4. The number of para-hydroxylation sites is 4. The molecule has 0 radical (unpaired) electrons. The number of anilines is 2. The first-order valence-electron chi connectivity index (χ1n) is 8.76. The van der Waals surface area contributed by atoms with E-state index in [1.807, 2.05) is 42.5 Å². The van der Waals surface area contributed by atoms with E-state index in [2.05, 4.69) is 9.98 Å². The van der Waals surface area contributed by atoms with Crippen molar-refractivity contribution in [1.82, 2.24) is 0 Å². The van der Waals surface area contributed by atoms with Crippen molar-refractivity contribution in [3.05, 3.63) is 84.4 Å². The van der Waals surface area contributed by atoms with E-state index in [0.29, 0.717) is 28.5 Å². The minimum absolute atomic E-state index is 0.120. The predicted octanol–water partition coefficient (Wildman–Crippen LogP) is 3.99. The maximum absolute atomic E-state index is 12.7. The van der Waals surface area contributed by atoms with Gasteiger partial charge in [0, 0.05) is 0 Å². The van der Waals surface area contributed by atoms with Crippen molar-refractivity contribution < 1.29 is 9.53 Å². The highest BCUT2D eigenvalue weighted by atomic mass is 16.6. The van der Waals surface area contributed by atoms with Gasteiger partial charge in [-0.05, 0) is 29.8 Å². The molecule has 0 amide bonds. The van der Waals surface area contributed by atoms with E-state index in [4.69, 9.17) is 16.2 Å². The SMILES string of the molecule is Nc1ccccc1N=C1C(=O)OC(c2ccccc2)C1=Nc1ccccc1N. The number of hydrogen-bond donors (Lipinski definition) is 2. The molecule has 0 bridgehead atoms. The number of hydrogen-bond acceptors (Lipinski definition) is 6. The third kappa shape index (κ3) is 3.35. The molecule has 6 heteroatoms. The molecule has 0 aromatic heterocycles. The quantitative estimate of drug-likeness (QED) is 0.537. The fraction of sp³-hybridized carbons (Fsp3) is 0.0455. The third-order valence-electron chi connectivity index (χ3n) is 4.36. The van der Waals surface area contributed by atoms with Crippen molar-refractivity contribution in [3.8, 4) is 0 Å². The molecule has 0 saturated carbocycles. The van der Waals surface area contributed by atoms with Gasteiger partial charge in [-0.3, -0.25) is 0 Å². The van der Waals surface area contributed by atoms with Crippen LogP contribution in [-0.2, 0) is 9.53 Å². The van der Waals surface area contributed by atoms with Crippen LogP contribution in [-0.4, -0.2) is 17.4 Å². The smallest absolute Gasteiger partial charge is 0.360 e. The molecule has 1 unspecified atom stereocenters. The fourth-order valence-electron chi connectivity index (χ4n) is 2.94. The summed E-state index contributed by atoms with van der Waals surface area (Å²) >= 11 is 0. The highest BCUT2D eigenvalue weighted by molar-refractivity contribution is 6.69. The average Bonchev–Trinajstić information content (AvgIpc) is 3.02. The predicted molar refractivity (Wildman–Crippen MR) is 111 cm³/mol. The number of nitrogen functional groups attached to an aromatic ring is 2. The second-order valence-electron chi connectivity index (χ2n) is 6.27. The van der Waals surface area contributed by atoms with Gasteiger partial charge in [0.25, 0.3) is 0 Å². The van der Waals surface area contributed by atoms with Crippen LogP contribution in [0.2, 0.25) is 0 Å². The Hall–Kier alpha value is -3.93. The molecule has 1 aliphatic heterocycles. The van der Waals surface area contributed by atoms with E-state index in [1.54, 1.807) is 36.4 Å². The molecule has 1 fully saturated rings. The number of nitrogens with zero attached hydrogens (tertiary/aromatic N) is 2. The summed E-state index contributed by atoms with van der Waals surface area (Å²) in [6.07, 6.45) is -0.669. The van der Waals surface area contributed by atoms with Crippen molar-refractivity contribution in [3.63, 3.8) is 0 Å². The molecule has 3 aromatic rings. The minimum atomic E-state index is -0.669. The Bertz CT molecular complexity index is 1090. The van der Waals surface area contributed by atoms with E-state index in [9.17, 15) is 4.79 Å². The average molecular weight is 370 g/mol. The van der Waals surface area contributed by atoms with Crippen LogP contribution in [0.5, 0.6) is 0 Å². The molecule has 4 N–H and O–H groups in total. The minimum Gasteiger partial charge on any atom is -0.446 e. The van der Waals surface area contributed by atoms with Gasteiger partial charge in [0.2, 0.25) is 0 Å². The molecule has 1 saturated heterocycles. The lowest BCUT2D eigenvalue weighted by Crippen LogP contribution is -2.16. The Morgan fingerprint density at radius 3 is 1.86 bits per heavy atom. The first kappa shape index (κ1) is 17.5. The van der Waals surface area contributed by atoms with Crippen LogP contribution in [0.1, 0.15) is 11.7 Å². The molecule has 3 aromatic carbocycles. The summed E-state index contributed by atoms with van der Waals surface area (Å²) in [5, 5.41) is 0. The molecule has 28 heavy (non-hydrogen) atoms. The van der Waals surface area contributed by atoms with Gasteiger partial charge in [-0.15, -0.1) is 0 Å². The molecule has 0 spiro atoms. The van der Waals surface area contributed by atoms with Crippen molar-refractivity contribution in [1.29, 1.82) is 0 Å².